The van der Waals surface area contributed by atoms with Crippen LogP contribution in [-0.4, -0.2) is 17.1 Å². The number of hydrogen-bond donors (Lipinski definition) is 2. The van der Waals surface area contributed by atoms with Crippen molar-refractivity contribution in [3.8, 4) is 0 Å². The van der Waals surface area contributed by atoms with E-state index in [0.717, 1.165) is 11.4 Å². The molecule has 0 aliphatic rings. The highest BCUT2D eigenvalue weighted by molar-refractivity contribution is 7.80. The van der Waals surface area contributed by atoms with Crippen LogP contribution in [0.1, 0.15) is 5.56 Å². The zero-order valence-electron chi connectivity index (χ0n) is 7.39. The highest BCUT2D eigenvalue weighted by atomic mass is 35.5. The van der Waals surface area contributed by atoms with Gasteiger partial charge in [0.05, 0.1) is 5.02 Å². The topological polar surface area (TPSA) is 37.0 Å². The minimum absolute atomic E-state index is 0.540. The molecule has 0 radical (unpaired) electrons. The van der Waals surface area contributed by atoms with E-state index in [9.17, 15) is 0 Å². The van der Waals surface area contributed by atoms with Gasteiger partial charge in [0.15, 0.2) is 5.11 Å². The molecular weight excluding hydrogens is 206 g/mol. The average Bonchev–Trinajstić information content (AvgIpc) is 2.09. The van der Waals surface area contributed by atoms with E-state index in [0.29, 0.717) is 10.1 Å². The van der Waals surface area contributed by atoms with E-state index in [1.54, 1.807) is 13.2 Å². The molecule has 0 fully saturated rings. The quantitative estimate of drug-likeness (QED) is 0.703. The largest absolute Gasteiger partial charge is 0.365 e. The van der Waals surface area contributed by atoms with E-state index in [4.69, 9.17) is 23.8 Å². The Balaban J connectivity index is 2.83. The molecule has 13 heavy (non-hydrogen) atoms. The minimum Gasteiger partial charge on any atom is -0.365 e. The van der Waals surface area contributed by atoms with Crippen LogP contribution in [-0.2, 0) is 0 Å². The normalized spacial score (nSPS) is 9.46. The summed E-state index contributed by atoms with van der Waals surface area (Å²) >= 11 is 10.7. The Hall–Kier alpha value is -0.870. The summed E-state index contributed by atoms with van der Waals surface area (Å²) in [5, 5.41) is 6.90. The number of thiocarbonyl (C=S) groups is 1. The van der Waals surface area contributed by atoms with E-state index in [1.165, 1.54) is 0 Å². The zero-order chi connectivity index (χ0) is 9.84. The molecule has 1 aromatic rings. The fourth-order valence-electron chi connectivity index (χ4n) is 0.841. The maximum absolute atomic E-state index is 5.75. The van der Waals surface area contributed by atoms with Crippen LogP contribution in [0.2, 0.25) is 5.02 Å². The highest BCUT2D eigenvalue weighted by Gasteiger charge is 2.01. The maximum atomic E-state index is 5.75. The molecule has 0 atom stereocenters. The molecule has 0 unspecified atom stereocenters. The Labute approximate surface area is 87.5 Å². The molecule has 1 rings (SSSR count). The maximum Gasteiger partial charge on any atom is 0.171 e. The fraction of sp³-hybridized carbons (Fsp3) is 0.250. The van der Waals surface area contributed by atoms with Crippen molar-refractivity contribution in [3.05, 3.63) is 22.8 Å². The van der Waals surface area contributed by atoms with Crippen molar-refractivity contribution in [2.24, 2.45) is 0 Å². The van der Waals surface area contributed by atoms with Crippen molar-refractivity contribution in [3.63, 3.8) is 0 Å². The summed E-state index contributed by atoms with van der Waals surface area (Å²) in [6.45, 7) is 1.92. The second-order valence-electron chi connectivity index (χ2n) is 2.52. The fourth-order valence-corrected chi connectivity index (χ4v) is 1.15. The Kier molecular flexibility index (Phi) is 3.45. The standard InChI is InChI=1S/C8H10ClN3S/c1-5-3-6(9)4-11-7(5)12-8(13)10-2/h3-4H,1-2H3,(H2,10,11,12,13). The highest BCUT2D eigenvalue weighted by Crippen LogP contribution is 2.15. The van der Waals surface area contributed by atoms with Crippen LogP contribution < -0.4 is 10.6 Å². The lowest BCUT2D eigenvalue weighted by atomic mass is 10.3. The second kappa shape index (κ2) is 4.39. The third-order valence-electron chi connectivity index (χ3n) is 1.50. The number of halogens is 1. The second-order valence-corrected chi connectivity index (χ2v) is 3.37. The molecular formula is C8H10ClN3S. The number of rotatable bonds is 1. The average molecular weight is 216 g/mol. The first-order chi connectivity index (χ1) is 6.13. The van der Waals surface area contributed by atoms with Crippen molar-refractivity contribution < 1.29 is 0 Å². The lowest BCUT2D eigenvalue weighted by Gasteiger charge is -2.08. The van der Waals surface area contributed by atoms with Crippen molar-refractivity contribution in [2.45, 2.75) is 6.92 Å². The number of nitrogens with zero attached hydrogens (tertiary/aromatic N) is 1. The molecule has 2 N–H and O–H groups in total. The van der Waals surface area contributed by atoms with Gasteiger partial charge in [-0.1, -0.05) is 11.6 Å². The minimum atomic E-state index is 0.540. The van der Waals surface area contributed by atoms with Gasteiger partial charge in [-0.3, -0.25) is 0 Å². The number of anilines is 1. The Morgan fingerprint density at radius 3 is 2.85 bits per heavy atom. The van der Waals surface area contributed by atoms with E-state index in [2.05, 4.69) is 15.6 Å². The molecule has 1 aromatic heterocycles. The molecule has 0 bridgehead atoms. The van der Waals surface area contributed by atoms with Gasteiger partial charge in [-0.05, 0) is 30.8 Å². The monoisotopic (exact) mass is 215 g/mol. The van der Waals surface area contributed by atoms with Crippen LogP contribution in [0.25, 0.3) is 0 Å². The van der Waals surface area contributed by atoms with Crippen LogP contribution in [0.5, 0.6) is 0 Å². The van der Waals surface area contributed by atoms with Gasteiger partial charge < -0.3 is 10.6 Å². The molecule has 5 heteroatoms. The van der Waals surface area contributed by atoms with Gasteiger partial charge in [-0.15, -0.1) is 0 Å². The predicted molar refractivity (Wildman–Crippen MR) is 59.3 cm³/mol. The van der Waals surface area contributed by atoms with Crippen molar-refractivity contribution in [1.29, 1.82) is 0 Å². The predicted octanol–water partition coefficient (Wildman–Crippen LogP) is 1.96. The first kappa shape index (κ1) is 10.2. The van der Waals surface area contributed by atoms with Crippen LogP contribution in [0, 0.1) is 6.92 Å². The lowest BCUT2D eigenvalue weighted by molar-refractivity contribution is 1.18. The third kappa shape index (κ3) is 2.82. The van der Waals surface area contributed by atoms with Gasteiger partial charge in [0.2, 0.25) is 0 Å². The molecule has 0 saturated carbocycles. The molecule has 70 valence electrons. The first-order valence-corrected chi connectivity index (χ1v) is 4.53. The molecule has 0 amide bonds. The van der Waals surface area contributed by atoms with Gasteiger partial charge in [-0.25, -0.2) is 4.98 Å². The number of hydrogen-bond acceptors (Lipinski definition) is 2. The smallest absolute Gasteiger partial charge is 0.171 e. The van der Waals surface area contributed by atoms with E-state index < -0.39 is 0 Å². The SMILES string of the molecule is CNC(=S)Nc1ncc(Cl)cc1C. The van der Waals surface area contributed by atoms with E-state index >= 15 is 0 Å². The van der Waals surface area contributed by atoms with Crippen molar-refractivity contribution in [2.75, 3.05) is 12.4 Å². The van der Waals surface area contributed by atoms with Crippen molar-refractivity contribution in [1.82, 2.24) is 10.3 Å². The van der Waals surface area contributed by atoms with E-state index in [1.807, 2.05) is 13.0 Å². The van der Waals surface area contributed by atoms with E-state index in [-0.39, 0.29) is 0 Å². The lowest BCUT2D eigenvalue weighted by Crippen LogP contribution is -2.25. The van der Waals surface area contributed by atoms with Crippen LogP contribution >= 0.6 is 23.8 Å². The van der Waals surface area contributed by atoms with Gasteiger partial charge in [0.1, 0.15) is 5.82 Å². The van der Waals surface area contributed by atoms with Gasteiger partial charge >= 0.3 is 0 Å². The summed E-state index contributed by atoms with van der Waals surface area (Å²) < 4.78 is 0. The molecule has 3 nitrogen and oxygen atoms in total. The van der Waals surface area contributed by atoms with Gasteiger partial charge in [0.25, 0.3) is 0 Å². The number of aryl methyl sites for hydroxylation is 1. The molecule has 0 aliphatic heterocycles. The molecule has 0 saturated heterocycles. The zero-order valence-corrected chi connectivity index (χ0v) is 8.96. The summed E-state index contributed by atoms with van der Waals surface area (Å²) in [6, 6.07) is 1.83. The molecule has 0 aliphatic carbocycles. The summed E-state index contributed by atoms with van der Waals surface area (Å²) in [5.41, 5.74) is 0.963. The Morgan fingerprint density at radius 1 is 1.62 bits per heavy atom. The molecule has 0 aromatic carbocycles. The number of nitrogens with one attached hydrogen (secondary N) is 2. The Bertz CT molecular complexity index is 327. The molecule has 0 spiro atoms. The van der Waals surface area contributed by atoms with Crippen LogP contribution in [0.4, 0.5) is 5.82 Å². The van der Waals surface area contributed by atoms with Gasteiger partial charge in [-0.2, -0.15) is 0 Å². The van der Waals surface area contributed by atoms with Gasteiger partial charge in [0, 0.05) is 13.2 Å². The van der Waals surface area contributed by atoms with Crippen molar-refractivity contribution >= 4 is 34.7 Å². The summed E-state index contributed by atoms with van der Waals surface area (Å²) in [6.07, 6.45) is 1.58. The summed E-state index contributed by atoms with van der Waals surface area (Å²) in [4.78, 5) is 4.10. The summed E-state index contributed by atoms with van der Waals surface area (Å²) in [5.74, 6) is 0.726. The molecule has 1 heterocycles. The Morgan fingerprint density at radius 2 is 2.31 bits per heavy atom. The van der Waals surface area contributed by atoms with Crippen LogP contribution in [0.15, 0.2) is 12.3 Å². The number of aromatic nitrogens is 1. The first-order valence-electron chi connectivity index (χ1n) is 3.74. The summed E-state index contributed by atoms with van der Waals surface area (Å²) in [7, 11) is 1.75. The van der Waals surface area contributed by atoms with Crippen LogP contribution in [0.3, 0.4) is 0 Å². The number of pyridine rings is 1. The third-order valence-corrected chi connectivity index (χ3v) is 2.02.